The largest absolute Gasteiger partial charge is 0.350 e. The molecular formula is C16H10ClN3O4S. The highest BCUT2D eigenvalue weighted by Gasteiger charge is 2.33. The summed E-state index contributed by atoms with van der Waals surface area (Å²) in [5, 5.41) is 13.7. The third-order valence-corrected chi connectivity index (χ3v) is 4.76. The summed E-state index contributed by atoms with van der Waals surface area (Å²) in [4.78, 5) is 39.9. The molecule has 9 heteroatoms. The van der Waals surface area contributed by atoms with E-state index in [0.717, 1.165) is 11.8 Å². The summed E-state index contributed by atoms with van der Waals surface area (Å²) in [7, 11) is 0. The number of hydrogen-bond donors (Lipinski definition) is 1. The maximum Gasteiger partial charge on any atom is 0.290 e. The van der Waals surface area contributed by atoms with Crippen molar-refractivity contribution in [2.24, 2.45) is 0 Å². The Kier molecular flexibility index (Phi) is 4.56. The van der Waals surface area contributed by atoms with Gasteiger partial charge in [-0.05, 0) is 24.5 Å². The van der Waals surface area contributed by atoms with Crippen LogP contribution in [0.15, 0.2) is 47.1 Å². The molecule has 126 valence electrons. The Hall–Kier alpha value is -2.71. The highest BCUT2D eigenvalue weighted by atomic mass is 35.5. The first kappa shape index (κ1) is 17.1. The fraction of sp³-hybridized carbons (Fsp3) is 0.0625. The molecule has 0 atom stereocenters. The zero-order chi connectivity index (χ0) is 18.1. The van der Waals surface area contributed by atoms with Crippen LogP contribution in [-0.4, -0.2) is 27.7 Å². The molecule has 1 aliphatic rings. The number of halogens is 1. The number of nitrogens with one attached hydrogen (secondary N) is 1. The van der Waals surface area contributed by atoms with Gasteiger partial charge in [0.25, 0.3) is 5.69 Å². The van der Waals surface area contributed by atoms with Crippen molar-refractivity contribution in [2.75, 3.05) is 11.6 Å². The van der Waals surface area contributed by atoms with Crippen molar-refractivity contribution in [3.05, 3.63) is 73.5 Å². The number of nitro groups is 1. The van der Waals surface area contributed by atoms with Crippen LogP contribution in [-0.2, 0) is 0 Å². The standard InChI is InChI=1S/C16H10ClN3O4S/c1-25-16-13(14(21)8-4-3-7-18-12(8)15(16)22)19-9-5-2-6-10(11(9)17)20(23)24/h2-7,19H,1H3. The number of carbonyl (C=O) groups is 2. The van der Waals surface area contributed by atoms with Crippen LogP contribution >= 0.6 is 23.4 Å². The summed E-state index contributed by atoms with van der Waals surface area (Å²) in [6, 6.07) is 7.26. The molecule has 25 heavy (non-hydrogen) atoms. The Morgan fingerprint density at radius 2 is 1.96 bits per heavy atom. The smallest absolute Gasteiger partial charge is 0.290 e. The number of aromatic nitrogens is 1. The number of hydrogen-bond acceptors (Lipinski definition) is 7. The van der Waals surface area contributed by atoms with E-state index < -0.39 is 10.7 Å². The van der Waals surface area contributed by atoms with E-state index in [9.17, 15) is 19.7 Å². The second kappa shape index (κ2) is 6.66. The average molecular weight is 376 g/mol. The first-order chi connectivity index (χ1) is 12.0. The Morgan fingerprint density at radius 3 is 2.64 bits per heavy atom. The fourth-order valence-electron chi connectivity index (χ4n) is 2.43. The molecule has 0 saturated carbocycles. The van der Waals surface area contributed by atoms with Crippen molar-refractivity contribution in [3.8, 4) is 0 Å². The summed E-state index contributed by atoms with van der Waals surface area (Å²) in [5.41, 5.74) is 0.169. The number of fused-ring (bicyclic) bond motifs is 1. The van der Waals surface area contributed by atoms with Crippen molar-refractivity contribution >= 4 is 46.3 Å². The highest BCUT2D eigenvalue weighted by Crippen LogP contribution is 2.36. The summed E-state index contributed by atoms with van der Waals surface area (Å²) in [6.07, 6.45) is 3.10. The number of Topliss-reactive ketones (excluding diaryl/α,β-unsaturated/α-hetero) is 2. The molecule has 1 N–H and O–H groups in total. The molecule has 0 spiro atoms. The van der Waals surface area contributed by atoms with E-state index in [1.807, 2.05) is 0 Å². The Balaban J connectivity index is 2.11. The van der Waals surface area contributed by atoms with Gasteiger partial charge in [0, 0.05) is 12.3 Å². The molecule has 0 radical (unpaired) electrons. The molecule has 1 heterocycles. The number of benzene rings is 1. The molecular weight excluding hydrogens is 366 g/mol. The van der Waals surface area contributed by atoms with Gasteiger partial charge in [-0.15, -0.1) is 11.8 Å². The fourth-order valence-corrected chi connectivity index (χ4v) is 3.30. The van der Waals surface area contributed by atoms with E-state index in [0.29, 0.717) is 0 Å². The number of nitrogens with zero attached hydrogens (tertiary/aromatic N) is 2. The van der Waals surface area contributed by atoms with E-state index >= 15 is 0 Å². The molecule has 3 rings (SSSR count). The van der Waals surface area contributed by atoms with Crippen molar-refractivity contribution in [3.63, 3.8) is 0 Å². The van der Waals surface area contributed by atoms with Crippen LogP contribution in [0.5, 0.6) is 0 Å². The van der Waals surface area contributed by atoms with Crippen LogP contribution in [0.2, 0.25) is 5.02 Å². The lowest BCUT2D eigenvalue weighted by Gasteiger charge is -2.20. The third kappa shape index (κ3) is 2.90. The van der Waals surface area contributed by atoms with E-state index in [2.05, 4.69) is 10.3 Å². The van der Waals surface area contributed by atoms with Gasteiger partial charge in [-0.25, -0.2) is 0 Å². The molecule has 0 fully saturated rings. The van der Waals surface area contributed by atoms with Gasteiger partial charge in [0.15, 0.2) is 0 Å². The SMILES string of the molecule is CSC1=C(Nc2cccc([N+](=O)[O-])c2Cl)C(=O)c2cccnc2C1=O. The van der Waals surface area contributed by atoms with Crippen LogP contribution in [0, 0.1) is 10.1 Å². The second-order valence-electron chi connectivity index (χ2n) is 4.99. The first-order valence-electron chi connectivity index (χ1n) is 6.98. The molecule has 0 aliphatic heterocycles. The molecule has 7 nitrogen and oxygen atoms in total. The van der Waals surface area contributed by atoms with Gasteiger partial charge in [-0.1, -0.05) is 17.7 Å². The quantitative estimate of drug-likeness (QED) is 0.641. The number of anilines is 1. The lowest BCUT2D eigenvalue weighted by Crippen LogP contribution is -2.26. The molecule has 1 aliphatic carbocycles. The van der Waals surface area contributed by atoms with Gasteiger partial charge in [-0.2, -0.15) is 0 Å². The van der Waals surface area contributed by atoms with Gasteiger partial charge in [-0.3, -0.25) is 24.7 Å². The maximum atomic E-state index is 12.8. The Bertz CT molecular complexity index is 958. The van der Waals surface area contributed by atoms with Gasteiger partial charge >= 0.3 is 0 Å². The zero-order valence-electron chi connectivity index (χ0n) is 12.8. The third-order valence-electron chi connectivity index (χ3n) is 3.57. The monoisotopic (exact) mass is 375 g/mol. The first-order valence-corrected chi connectivity index (χ1v) is 8.58. The van der Waals surface area contributed by atoms with E-state index in [1.54, 1.807) is 12.3 Å². The highest BCUT2D eigenvalue weighted by molar-refractivity contribution is 8.03. The minimum atomic E-state index is -0.621. The topological polar surface area (TPSA) is 102 Å². The zero-order valence-corrected chi connectivity index (χ0v) is 14.4. The Labute approximate surface area is 151 Å². The molecule has 0 bridgehead atoms. The van der Waals surface area contributed by atoms with Crippen molar-refractivity contribution < 1.29 is 14.5 Å². The summed E-state index contributed by atoms with van der Waals surface area (Å²) in [6.45, 7) is 0. The molecule has 1 aromatic carbocycles. The molecule has 0 unspecified atom stereocenters. The van der Waals surface area contributed by atoms with Crippen molar-refractivity contribution in [1.29, 1.82) is 0 Å². The normalized spacial score (nSPS) is 13.7. The molecule has 1 aromatic heterocycles. The van der Waals surface area contributed by atoms with Gasteiger partial charge in [0.2, 0.25) is 11.6 Å². The minimum absolute atomic E-state index is 0.0281. The number of ketones is 2. The van der Waals surface area contributed by atoms with Crippen molar-refractivity contribution in [2.45, 2.75) is 0 Å². The lowest BCUT2D eigenvalue weighted by molar-refractivity contribution is -0.384. The maximum absolute atomic E-state index is 12.8. The average Bonchev–Trinajstić information content (AvgIpc) is 2.61. The predicted molar refractivity (Wildman–Crippen MR) is 95.2 cm³/mol. The summed E-state index contributed by atoms with van der Waals surface area (Å²) in [5.74, 6) is -0.804. The van der Waals surface area contributed by atoms with Gasteiger partial charge in [0.1, 0.15) is 16.4 Å². The number of rotatable bonds is 4. The number of allylic oxidation sites excluding steroid dienone is 2. The van der Waals surface area contributed by atoms with Crippen LogP contribution in [0.25, 0.3) is 0 Å². The van der Waals surface area contributed by atoms with Gasteiger partial charge in [0.05, 0.1) is 21.1 Å². The number of nitro benzene ring substituents is 1. The van der Waals surface area contributed by atoms with E-state index in [1.165, 1.54) is 30.5 Å². The number of carbonyl (C=O) groups excluding carboxylic acids is 2. The number of thioether (sulfide) groups is 1. The second-order valence-corrected chi connectivity index (χ2v) is 6.18. The summed E-state index contributed by atoms with van der Waals surface area (Å²) < 4.78 is 0. The van der Waals surface area contributed by atoms with Crippen LogP contribution in [0.4, 0.5) is 11.4 Å². The predicted octanol–water partition coefficient (Wildman–Crippen LogP) is 3.71. The molecule has 2 aromatic rings. The van der Waals surface area contributed by atoms with Crippen LogP contribution in [0.1, 0.15) is 20.8 Å². The van der Waals surface area contributed by atoms with Gasteiger partial charge < -0.3 is 5.32 Å². The van der Waals surface area contributed by atoms with Crippen LogP contribution < -0.4 is 5.32 Å². The molecule has 0 saturated heterocycles. The lowest BCUT2D eigenvalue weighted by atomic mass is 9.96. The molecule has 0 amide bonds. The van der Waals surface area contributed by atoms with E-state index in [-0.39, 0.29) is 44.0 Å². The minimum Gasteiger partial charge on any atom is -0.350 e. The Morgan fingerprint density at radius 1 is 1.20 bits per heavy atom. The number of pyridine rings is 1. The van der Waals surface area contributed by atoms with Crippen LogP contribution in [0.3, 0.4) is 0 Å². The summed E-state index contributed by atoms with van der Waals surface area (Å²) >= 11 is 7.15. The van der Waals surface area contributed by atoms with Crippen molar-refractivity contribution in [1.82, 2.24) is 4.98 Å². The van der Waals surface area contributed by atoms with E-state index in [4.69, 9.17) is 11.6 Å².